The van der Waals surface area contributed by atoms with Crippen molar-refractivity contribution in [2.45, 2.75) is 12.8 Å². The monoisotopic (exact) mass is 375 g/mol. The summed E-state index contributed by atoms with van der Waals surface area (Å²) in [5, 5.41) is 0. The molecule has 135 valence electrons. The minimum atomic E-state index is -2.40. The lowest BCUT2D eigenvalue weighted by molar-refractivity contribution is 0.368. The molecule has 0 aliphatic carbocycles. The standard InChI is InChI=1S/C15H5F10/c16-6-4(7(17)11(21)14(24)10(6)20)2-1-3-5-8(18)12(22)15(25)13(23)9(5)19/h2H,1,3H2. The van der Waals surface area contributed by atoms with E-state index >= 15 is 0 Å². The molecule has 0 atom stereocenters. The highest BCUT2D eigenvalue weighted by Gasteiger charge is 2.27. The molecule has 0 saturated heterocycles. The van der Waals surface area contributed by atoms with E-state index in [2.05, 4.69) is 0 Å². The number of benzene rings is 2. The fourth-order valence-electron chi connectivity index (χ4n) is 2.03. The van der Waals surface area contributed by atoms with Gasteiger partial charge < -0.3 is 0 Å². The largest absolute Gasteiger partial charge is 0.203 e. The van der Waals surface area contributed by atoms with Crippen LogP contribution in [0, 0.1) is 64.6 Å². The van der Waals surface area contributed by atoms with Gasteiger partial charge in [0.1, 0.15) is 0 Å². The van der Waals surface area contributed by atoms with E-state index in [1.807, 2.05) is 0 Å². The van der Waals surface area contributed by atoms with Gasteiger partial charge in [-0.15, -0.1) is 0 Å². The van der Waals surface area contributed by atoms with Gasteiger partial charge in [0.25, 0.3) is 0 Å². The molecule has 2 rings (SSSR count). The summed E-state index contributed by atoms with van der Waals surface area (Å²) in [4.78, 5) is 0. The van der Waals surface area contributed by atoms with E-state index in [0.29, 0.717) is 6.42 Å². The van der Waals surface area contributed by atoms with Crippen molar-refractivity contribution in [3.05, 3.63) is 75.7 Å². The zero-order valence-electron chi connectivity index (χ0n) is 11.8. The number of hydrogen-bond donors (Lipinski definition) is 0. The van der Waals surface area contributed by atoms with Crippen LogP contribution in [-0.2, 0) is 6.42 Å². The highest BCUT2D eigenvalue weighted by Crippen LogP contribution is 2.27. The smallest absolute Gasteiger partial charge is 0.200 e. The Morgan fingerprint density at radius 2 is 0.760 bits per heavy atom. The van der Waals surface area contributed by atoms with Crippen LogP contribution >= 0.6 is 0 Å². The molecule has 2 aromatic rings. The van der Waals surface area contributed by atoms with Gasteiger partial charge in [0.15, 0.2) is 46.5 Å². The first-order chi connectivity index (χ1) is 11.6. The molecule has 0 unspecified atom stereocenters. The molecule has 0 spiro atoms. The lowest BCUT2D eigenvalue weighted by atomic mass is 10.0. The van der Waals surface area contributed by atoms with Crippen LogP contribution in [0.15, 0.2) is 0 Å². The first-order valence-electron chi connectivity index (χ1n) is 6.44. The van der Waals surface area contributed by atoms with E-state index in [4.69, 9.17) is 0 Å². The molecule has 0 heterocycles. The summed E-state index contributed by atoms with van der Waals surface area (Å²) in [6.07, 6.45) is -1.31. The van der Waals surface area contributed by atoms with Gasteiger partial charge in [-0.2, -0.15) is 0 Å². The molecule has 10 heteroatoms. The summed E-state index contributed by atoms with van der Waals surface area (Å²) < 4.78 is 131. The molecule has 0 fully saturated rings. The van der Waals surface area contributed by atoms with Crippen molar-refractivity contribution in [1.29, 1.82) is 0 Å². The molecule has 1 radical (unpaired) electrons. The molecule has 0 aliphatic heterocycles. The minimum absolute atomic E-state index is 0.397. The summed E-state index contributed by atoms with van der Waals surface area (Å²) in [7, 11) is 0. The molecular formula is C15H5F10. The highest BCUT2D eigenvalue weighted by atomic mass is 19.2. The van der Waals surface area contributed by atoms with Crippen molar-refractivity contribution < 1.29 is 43.9 Å². The Labute approximate surface area is 133 Å². The maximum absolute atomic E-state index is 13.4. The second-order valence-electron chi connectivity index (χ2n) is 4.77. The van der Waals surface area contributed by atoms with Gasteiger partial charge >= 0.3 is 0 Å². The van der Waals surface area contributed by atoms with Crippen LogP contribution in [0.25, 0.3) is 0 Å². The predicted molar refractivity (Wildman–Crippen MR) is 64.2 cm³/mol. The van der Waals surface area contributed by atoms with Gasteiger partial charge in [-0.3, -0.25) is 0 Å². The van der Waals surface area contributed by atoms with E-state index in [1.165, 1.54) is 0 Å². The molecule has 0 aliphatic rings. The van der Waals surface area contributed by atoms with Crippen molar-refractivity contribution in [3.63, 3.8) is 0 Å². The molecule has 0 saturated carbocycles. The quantitative estimate of drug-likeness (QED) is 0.388. The molecular weight excluding hydrogens is 370 g/mol. The maximum Gasteiger partial charge on any atom is 0.200 e. The minimum Gasteiger partial charge on any atom is -0.203 e. The number of rotatable bonds is 4. The van der Waals surface area contributed by atoms with E-state index in [1.54, 1.807) is 0 Å². The molecule has 0 aromatic heterocycles. The average Bonchev–Trinajstić information content (AvgIpc) is 2.60. The van der Waals surface area contributed by atoms with Crippen LogP contribution in [0.1, 0.15) is 17.5 Å². The van der Waals surface area contributed by atoms with Crippen LogP contribution in [0.4, 0.5) is 43.9 Å². The molecule has 0 nitrogen and oxygen atoms in total. The zero-order chi connectivity index (χ0) is 19.0. The van der Waals surface area contributed by atoms with Gasteiger partial charge in [-0.1, -0.05) is 0 Å². The Kier molecular flexibility index (Phi) is 5.28. The topological polar surface area (TPSA) is 0 Å². The van der Waals surface area contributed by atoms with Crippen LogP contribution in [0.3, 0.4) is 0 Å². The third-order valence-electron chi connectivity index (χ3n) is 3.29. The number of hydrogen-bond acceptors (Lipinski definition) is 0. The molecule has 0 bridgehead atoms. The summed E-state index contributed by atoms with van der Waals surface area (Å²) in [6.45, 7) is 0. The van der Waals surface area contributed by atoms with Crippen molar-refractivity contribution in [2.75, 3.05) is 0 Å². The Balaban J connectivity index is 2.29. The van der Waals surface area contributed by atoms with Gasteiger partial charge in [-0.25, -0.2) is 43.9 Å². The van der Waals surface area contributed by atoms with Gasteiger partial charge in [0, 0.05) is 11.1 Å². The van der Waals surface area contributed by atoms with Crippen molar-refractivity contribution in [1.82, 2.24) is 0 Å². The second-order valence-corrected chi connectivity index (χ2v) is 4.77. The SMILES string of the molecule is Fc1c(F)c(F)c([CH]CCc2c(F)c(F)c(F)c(F)c2F)c(F)c1F. The fourth-order valence-corrected chi connectivity index (χ4v) is 2.03. The van der Waals surface area contributed by atoms with Crippen LogP contribution in [0.2, 0.25) is 0 Å². The van der Waals surface area contributed by atoms with Gasteiger partial charge in [-0.05, 0) is 19.3 Å². The van der Waals surface area contributed by atoms with Crippen LogP contribution < -0.4 is 0 Å². The van der Waals surface area contributed by atoms with E-state index in [0.717, 1.165) is 0 Å². The van der Waals surface area contributed by atoms with Gasteiger partial charge in [0.05, 0.1) is 0 Å². The summed E-state index contributed by atoms with van der Waals surface area (Å²) in [5.41, 5.74) is -2.66. The Bertz CT molecular complexity index is 716. The normalized spacial score (nSPS) is 11.3. The lowest BCUT2D eigenvalue weighted by Crippen LogP contribution is -2.09. The Morgan fingerprint density at radius 1 is 0.440 bits per heavy atom. The average molecular weight is 375 g/mol. The predicted octanol–water partition coefficient (Wildman–Crippen LogP) is 5.26. The molecule has 0 N–H and O–H groups in total. The maximum atomic E-state index is 13.4. The first-order valence-corrected chi connectivity index (χ1v) is 6.44. The third kappa shape index (κ3) is 3.16. The first kappa shape index (κ1) is 19.1. The van der Waals surface area contributed by atoms with Crippen molar-refractivity contribution in [3.8, 4) is 0 Å². The highest BCUT2D eigenvalue weighted by molar-refractivity contribution is 5.31. The lowest BCUT2D eigenvalue weighted by Gasteiger charge is -2.10. The number of halogens is 10. The fraction of sp³-hybridized carbons (Fsp3) is 0.133. The van der Waals surface area contributed by atoms with Crippen LogP contribution in [-0.4, -0.2) is 0 Å². The van der Waals surface area contributed by atoms with E-state index in [-0.39, 0.29) is 0 Å². The molecule has 2 aromatic carbocycles. The third-order valence-corrected chi connectivity index (χ3v) is 3.29. The summed E-state index contributed by atoms with van der Waals surface area (Å²) in [6, 6.07) is 0. The second kappa shape index (κ2) is 6.93. The van der Waals surface area contributed by atoms with Crippen molar-refractivity contribution in [2.24, 2.45) is 0 Å². The summed E-state index contributed by atoms with van der Waals surface area (Å²) in [5.74, 6) is -22.4. The molecule has 25 heavy (non-hydrogen) atoms. The Morgan fingerprint density at radius 3 is 1.16 bits per heavy atom. The van der Waals surface area contributed by atoms with Gasteiger partial charge in [0.2, 0.25) is 11.6 Å². The van der Waals surface area contributed by atoms with Crippen LogP contribution in [0.5, 0.6) is 0 Å². The van der Waals surface area contributed by atoms with E-state index < -0.39 is 82.1 Å². The summed E-state index contributed by atoms with van der Waals surface area (Å²) >= 11 is 0. The Hall–Kier alpha value is -2.26. The van der Waals surface area contributed by atoms with Crippen molar-refractivity contribution >= 4 is 0 Å². The molecule has 0 amide bonds. The van der Waals surface area contributed by atoms with E-state index in [9.17, 15) is 43.9 Å². The zero-order valence-corrected chi connectivity index (χ0v) is 11.8.